The van der Waals surface area contributed by atoms with Gasteiger partial charge in [0, 0.05) is 21.4 Å². The largest absolute Gasteiger partial charge is 0.403 e. The van der Waals surface area contributed by atoms with Gasteiger partial charge in [0.15, 0.2) is 0 Å². The van der Waals surface area contributed by atoms with Crippen molar-refractivity contribution in [1.29, 1.82) is 0 Å². The third kappa shape index (κ3) is 3.62. The molecule has 2 aromatic heterocycles. The van der Waals surface area contributed by atoms with E-state index in [1.807, 2.05) is 4.98 Å². The summed E-state index contributed by atoms with van der Waals surface area (Å²) in [5, 5.41) is 0. The van der Waals surface area contributed by atoms with Crippen molar-refractivity contribution in [2.45, 2.75) is 69.0 Å². The Labute approximate surface area is 199 Å². The van der Waals surface area contributed by atoms with Crippen LogP contribution in [0.5, 0.6) is 0 Å². The topological polar surface area (TPSA) is 91.7 Å². The number of nitrogens with one attached hydrogen (secondary N) is 2. The Kier molecular flexibility index (Phi) is 5.63. The lowest BCUT2D eigenvalue weighted by Gasteiger charge is -2.42. The molecule has 4 N–H and O–H groups in total. The molecule has 0 aromatic carbocycles. The molecule has 5 nitrogen and oxygen atoms in total. The maximum atomic E-state index is 16.3. The fourth-order valence-electron chi connectivity index (χ4n) is 5.98. The van der Waals surface area contributed by atoms with E-state index in [4.69, 9.17) is 5.73 Å². The van der Waals surface area contributed by atoms with Gasteiger partial charge < -0.3 is 10.7 Å². The molecule has 1 saturated carbocycles. The van der Waals surface area contributed by atoms with Gasteiger partial charge in [0.1, 0.15) is 11.9 Å². The molecule has 2 aromatic rings. The van der Waals surface area contributed by atoms with Crippen molar-refractivity contribution in [3.8, 4) is 0 Å². The van der Waals surface area contributed by atoms with E-state index in [1.165, 1.54) is 11.3 Å². The van der Waals surface area contributed by atoms with Crippen LogP contribution in [0, 0.1) is 11.8 Å². The molecular formula is C23H23F6N3O2S. The first kappa shape index (κ1) is 24.4. The Bertz CT molecular complexity index is 1320. The quantitative estimate of drug-likeness (QED) is 0.519. The van der Waals surface area contributed by atoms with Gasteiger partial charge in [-0.15, -0.1) is 11.3 Å². The van der Waals surface area contributed by atoms with E-state index < -0.39 is 64.1 Å². The molecule has 0 amide bonds. The average Bonchev–Trinajstić information content (AvgIpc) is 3.52. The van der Waals surface area contributed by atoms with Crippen LogP contribution in [0.1, 0.15) is 58.7 Å². The highest BCUT2D eigenvalue weighted by Gasteiger charge is 2.59. The zero-order valence-corrected chi connectivity index (χ0v) is 19.4. The van der Waals surface area contributed by atoms with Gasteiger partial charge in [-0.2, -0.15) is 13.2 Å². The van der Waals surface area contributed by atoms with Crippen LogP contribution in [-0.4, -0.2) is 28.6 Å². The molecule has 4 unspecified atom stereocenters. The second-order valence-corrected chi connectivity index (χ2v) is 10.9. The molecule has 0 aliphatic heterocycles. The van der Waals surface area contributed by atoms with Gasteiger partial charge in [-0.3, -0.25) is 9.78 Å². The lowest BCUT2D eigenvalue weighted by atomic mass is 9.63. The molecule has 4 atom stereocenters. The summed E-state index contributed by atoms with van der Waals surface area (Å²) >= 11 is 1.22. The number of aryl methyl sites for hydroxylation is 1. The summed E-state index contributed by atoms with van der Waals surface area (Å²) in [7, 11) is 0. The number of thiophene rings is 1. The Morgan fingerprint density at radius 3 is 2.46 bits per heavy atom. The SMILES string of the molecule is CC1c2[nH]c(=O)[nH]c(=O)c2C(C(F)F)=C(F)C1(c1cc2c(s1)CCC(C(N)C(F)(F)F)C2)C1CC1. The maximum Gasteiger partial charge on any atom is 0.403 e. The van der Waals surface area contributed by atoms with Crippen molar-refractivity contribution >= 4 is 16.9 Å². The number of aromatic amines is 2. The number of rotatable bonds is 4. The third-order valence-electron chi connectivity index (χ3n) is 7.81. The summed E-state index contributed by atoms with van der Waals surface area (Å²) in [4.78, 5) is 30.1. The highest BCUT2D eigenvalue weighted by molar-refractivity contribution is 7.12. The number of allylic oxidation sites excluding steroid dienone is 2. The average molecular weight is 520 g/mol. The molecule has 0 spiro atoms. The molecular weight excluding hydrogens is 496 g/mol. The Balaban J connectivity index is 1.68. The van der Waals surface area contributed by atoms with E-state index in [2.05, 4.69) is 4.98 Å². The zero-order chi connectivity index (χ0) is 25.4. The van der Waals surface area contributed by atoms with Gasteiger partial charge in [0.05, 0.1) is 16.6 Å². The molecule has 35 heavy (non-hydrogen) atoms. The van der Waals surface area contributed by atoms with E-state index in [0.29, 0.717) is 29.7 Å². The van der Waals surface area contributed by atoms with Crippen molar-refractivity contribution in [2.24, 2.45) is 17.6 Å². The molecule has 1 fully saturated rings. The number of halogens is 6. The van der Waals surface area contributed by atoms with Gasteiger partial charge in [-0.05, 0) is 55.6 Å². The van der Waals surface area contributed by atoms with Crippen molar-refractivity contribution in [3.63, 3.8) is 0 Å². The van der Waals surface area contributed by atoms with Crippen LogP contribution < -0.4 is 17.0 Å². The molecule has 0 saturated heterocycles. The minimum absolute atomic E-state index is 0.0503. The Hall–Kier alpha value is -2.34. The summed E-state index contributed by atoms with van der Waals surface area (Å²) in [6.07, 6.45) is -6.15. The standard InChI is InChI=1S/C23H23F6N3O2S/c1-8-16-14(20(33)32-21(34)31-16)15(19(25)26)17(24)22(8,11-3-4-11)13-7-10-6-9(2-5-12(10)35-13)18(30)23(27,28)29/h7-9,11,18-19H,2-6,30H2,1H3,(H2,31,32,33,34). The molecule has 0 bridgehead atoms. The highest BCUT2D eigenvalue weighted by atomic mass is 32.1. The molecule has 2 heterocycles. The van der Waals surface area contributed by atoms with Gasteiger partial charge >= 0.3 is 11.9 Å². The number of hydrogen-bond acceptors (Lipinski definition) is 4. The number of alkyl halides is 5. The fourth-order valence-corrected chi connectivity index (χ4v) is 7.54. The summed E-state index contributed by atoms with van der Waals surface area (Å²) in [6.45, 7) is 1.59. The first-order valence-corrected chi connectivity index (χ1v) is 12.2. The highest BCUT2D eigenvalue weighted by Crippen LogP contribution is 2.64. The van der Waals surface area contributed by atoms with Crippen LogP contribution >= 0.6 is 11.3 Å². The van der Waals surface area contributed by atoms with Crippen LogP contribution in [0.2, 0.25) is 0 Å². The smallest absolute Gasteiger partial charge is 0.320 e. The van der Waals surface area contributed by atoms with Gasteiger partial charge in [0.2, 0.25) is 0 Å². The normalized spacial score (nSPS) is 27.7. The fraction of sp³-hybridized carbons (Fsp3) is 0.565. The molecule has 190 valence electrons. The van der Waals surface area contributed by atoms with Crippen LogP contribution in [0.3, 0.4) is 0 Å². The van der Waals surface area contributed by atoms with Crippen LogP contribution in [0.4, 0.5) is 26.3 Å². The van der Waals surface area contributed by atoms with Crippen molar-refractivity contribution in [2.75, 3.05) is 0 Å². The van der Waals surface area contributed by atoms with Crippen molar-refractivity contribution < 1.29 is 26.3 Å². The van der Waals surface area contributed by atoms with Gasteiger partial charge in [-0.25, -0.2) is 18.0 Å². The number of fused-ring (bicyclic) bond motifs is 2. The van der Waals surface area contributed by atoms with Crippen LogP contribution in [0.25, 0.3) is 5.57 Å². The predicted molar refractivity (Wildman–Crippen MR) is 118 cm³/mol. The number of hydrogen-bond donors (Lipinski definition) is 3. The van der Waals surface area contributed by atoms with Crippen LogP contribution in [-0.2, 0) is 18.3 Å². The molecule has 5 rings (SSSR count). The van der Waals surface area contributed by atoms with Crippen molar-refractivity contribution in [3.05, 3.63) is 59.3 Å². The second kappa shape index (κ2) is 8.09. The van der Waals surface area contributed by atoms with E-state index in [-0.39, 0.29) is 24.5 Å². The van der Waals surface area contributed by atoms with Crippen LogP contribution in [0.15, 0.2) is 21.5 Å². The minimum atomic E-state index is -4.54. The number of H-pyrrole nitrogens is 2. The Morgan fingerprint density at radius 2 is 1.86 bits per heavy atom. The summed E-state index contributed by atoms with van der Waals surface area (Å²) in [6, 6.07) is -0.362. The van der Waals surface area contributed by atoms with E-state index in [1.54, 1.807) is 13.0 Å². The Morgan fingerprint density at radius 1 is 1.17 bits per heavy atom. The molecule has 12 heteroatoms. The zero-order valence-electron chi connectivity index (χ0n) is 18.6. The number of nitrogens with two attached hydrogens (primary N) is 1. The first-order chi connectivity index (χ1) is 16.4. The third-order valence-corrected chi connectivity index (χ3v) is 9.20. The number of aromatic nitrogens is 2. The minimum Gasteiger partial charge on any atom is -0.320 e. The van der Waals surface area contributed by atoms with Crippen molar-refractivity contribution in [1.82, 2.24) is 9.97 Å². The van der Waals surface area contributed by atoms with Gasteiger partial charge in [-0.1, -0.05) is 6.92 Å². The van der Waals surface area contributed by atoms with E-state index in [0.717, 1.165) is 4.88 Å². The maximum absolute atomic E-state index is 16.3. The monoisotopic (exact) mass is 519 g/mol. The van der Waals surface area contributed by atoms with E-state index >= 15 is 4.39 Å². The molecule has 0 radical (unpaired) electrons. The summed E-state index contributed by atoms with van der Waals surface area (Å²) < 4.78 is 84.4. The summed E-state index contributed by atoms with van der Waals surface area (Å²) in [5.41, 5.74) is 0.922. The lowest BCUT2D eigenvalue weighted by molar-refractivity contribution is -0.159. The second-order valence-electron chi connectivity index (χ2n) is 9.72. The van der Waals surface area contributed by atoms with E-state index in [9.17, 15) is 31.5 Å². The summed E-state index contributed by atoms with van der Waals surface area (Å²) in [5.74, 6) is -3.14. The first-order valence-electron chi connectivity index (χ1n) is 11.4. The molecule has 3 aliphatic rings. The predicted octanol–water partition coefficient (Wildman–Crippen LogP) is 4.53. The lowest BCUT2D eigenvalue weighted by Crippen LogP contribution is -2.45. The molecule has 3 aliphatic carbocycles. The van der Waals surface area contributed by atoms with Gasteiger partial charge in [0.25, 0.3) is 12.0 Å².